The van der Waals surface area contributed by atoms with Crippen molar-refractivity contribution in [2.75, 3.05) is 26.2 Å². The van der Waals surface area contributed by atoms with Gasteiger partial charge in [0.1, 0.15) is 0 Å². The van der Waals surface area contributed by atoms with Gasteiger partial charge in [-0.25, -0.2) is 0 Å². The van der Waals surface area contributed by atoms with Crippen LogP contribution >= 0.6 is 0 Å². The third-order valence-corrected chi connectivity index (χ3v) is 3.72. The van der Waals surface area contributed by atoms with Crippen LogP contribution in [0.5, 0.6) is 0 Å². The molecule has 1 unspecified atom stereocenters. The Morgan fingerprint density at radius 1 is 1.53 bits per heavy atom. The molecule has 1 aliphatic rings. The number of morpholine rings is 1. The second-order valence-corrected chi connectivity index (χ2v) is 5.82. The van der Waals surface area contributed by atoms with Crippen molar-refractivity contribution < 1.29 is 9.53 Å². The minimum atomic E-state index is 0.0333. The lowest BCUT2D eigenvalue weighted by Crippen LogP contribution is -2.43. The van der Waals surface area contributed by atoms with Crippen LogP contribution in [0.2, 0.25) is 0 Å². The van der Waals surface area contributed by atoms with E-state index in [0.717, 1.165) is 19.6 Å². The lowest BCUT2D eigenvalue weighted by Gasteiger charge is -2.30. The largest absolute Gasteiger partial charge is 0.375 e. The zero-order valence-electron chi connectivity index (χ0n) is 11.5. The van der Waals surface area contributed by atoms with Crippen molar-refractivity contribution in [1.82, 2.24) is 10.6 Å². The molecule has 4 nitrogen and oxygen atoms in total. The molecule has 1 heterocycles. The van der Waals surface area contributed by atoms with Gasteiger partial charge in [0.25, 0.3) is 0 Å². The summed E-state index contributed by atoms with van der Waals surface area (Å²) < 4.78 is 5.50. The molecule has 0 aromatic heterocycles. The number of hydrogen-bond acceptors (Lipinski definition) is 3. The Morgan fingerprint density at radius 2 is 2.24 bits per heavy atom. The van der Waals surface area contributed by atoms with Crippen molar-refractivity contribution in [3.8, 4) is 0 Å². The van der Waals surface area contributed by atoms with Gasteiger partial charge >= 0.3 is 0 Å². The first kappa shape index (κ1) is 14.5. The Bertz CT molecular complexity index is 246. The minimum Gasteiger partial charge on any atom is -0.375 e. The van der Waals surface area contributed by atoms with E-state index in [9.17, 15) is 4.79 Å². The quantitative estimate of drug-likeness (QED) is 0.761. The van der Waals surface area contributed by atoms with E-state index in [1.165, 1.54) is 0 Å². The number of carbonyl (C=O) groups excluding carboxylic acids is 1. The van der Waals surface area contributed by atoms with Gasteiger partial charge in [0.05, 0.1) is 19.1 Å². The van der Waals surface area contributed by atoms with E-state index in [2.05, 4.69) is 38.3 Å². The number of hydrogen-bond donors (Lipinski definition) is 2. The van der Waals surface area contributed by atoms with Gasteiger partial charge in [0.15, 0.2) is 0 Å². The molecular formula is C13H26N2O2. The van der Waals surface area contributed by atoms with E-state index in [1.807, 2.05) is 0 Å². The maximum atomic E-state index is 11.8. The molecular weight excluding hydrogens is 216 g/mol. The van der Waals surface area contributed by atoms with Crippen molar-refractivity contribution >= 4 is 5.91 Å². The van der Waals surface area contributed by atoms with Crippen LogP contribution in [-0.2, 0) is 9.53 Å². The van der Waals surface area contributed by atoms with Gasteiger partial charge < -0.3 is 15.4 Å². The number of ether oxygens (including phenoxy) is 1. The monoisotopic (exact) mass is 242 g/mol. The topological polar surface area (TPSA) is 50.4 Å². The summed E-state index contributed by atoms with van der Waals surface area (Å²) in [5.41, 5.74) is 0.140. The molecule has 1 saturated heterocycles. The summed E-state index contributed by atoms with van der Waals surface area (Å²) in [6, 6.07) is 0. The third kappa shape index (κ3) is 5.04. The molecule has 2 N–H and O–H groups in total. The normalized spacial score (nSPS) is 21.6. The van der Waals surface area contributed by atoms with Crippen LogP contribution in [0.4, 0.5) is 0 Å². The molecule has 0 aliphatic carbocycles. The zero-order chi connectivity index (χ0) is 12.9. The average Bonchev–Trinajstić information content (AvgIpc) is 2.28. The lowest BCUT2D eigenvalue weighted by molar-refractivity contribution is -0.125. The van der Waals surface area contributed by atoms with E-state index in [1.54, 1.807) is 0 Å². The van der Waals surface area contributed by atoms with Crippen LogP contribution in [-0.4, -0.2) is 38.3 Å². The molecule has 1 aliphatic heterocycles. The summed E-state index contributed by atoms with van der Waals surface area (Å²) in [4.78, 5) is 11.8. The molecule has 0 spiro atoms. The zero-order valence-corrected chi connectivity index (χ0v) is 11.5. The Balaban J connectivity index is 2.25. The smallest absolute Gasteiger partial charge is 0.222 e. The standard InChI is InChI=1S/C13H26N2O2/c1-10(2)13(3,4)9-15-12(16)7-11-8-14-5-6-17-11/h10-11,14H,5-9H2,1-4H3,(H,15,16). The summed E-state index contributed by atoms with van der Waals surface area (Å²) in [6.45, 7) is 11.8. The number of rotatable bonds is 5. The first-order valence-corrected chi connectivity index (χ1v) is 6.51. The minimum absolute atomic E-state index is 0.0333. The van der Waals surface area contributed by atoms with Gasteiger partial charge in [-0.2, -0.15) is 0 Å². The highest BCUT2D eigenvalue weighted by atomic mass is 16.5. The van der Waals surface area contributed by atoms with Crippen molar-refractivity contribution in [2.45, 2.75) is 40.2 Å². The molecule has 0 bridgehead atoms. The molecule has 1 atom stereocenters. The molecule has 1 fully saturated rings. The molecule has 0 aromatic rings. The van der Waals surface area contributed by atoms with Crippen molar-refractivity contribution in [3.63, 3.8) is 0 Å². The summed E-state index contributed by atoms with van der Waals surface area (Å²) in [7, 11) is 0. The molecule has 100 valence electrons. The lowest BCUT2D eigenvalue weighted by atomic mass is 9.81. The van der Waals surface area contributed by atoms with Crippen molar-refractivity contribution in [3.05, 3.63) is 0 Å². The van der Waals surface area contributed by atoms with Gasteiger partial charge in [0.2, 0.25) is 5.91 Å². The van der Waals surface area contributed by atoms with Crippen LogP contribution in [0.25, 0.3) is 0 Å². The second kappa shape index (κ2) is 6.36. The fraction of sp³-hybridized carbons (Fsp3) is 0.923. The van der Waals surface area contributed by atoms with Gasteiger partial charge in [-0.05, 0) is 11.3 Å². The first-order chi connectivity index (χ1) is 7.92. The summed E-state index contributed by atoms with van der Waals surface area (Å²) in [5.74, 6) is 0.642. The number of nitrogens with one attached hydrogen (secondary N) is 2. The Morgan fingerprint density at radius 3 is 2.76 bits per heavy atom. The van der Waals surface area contributed by atoms with E-state index >= 15 is 0 Å². The van der Waals surface area contributed by atoms with Crippen molar-refractivity contribution in [1.29, 1.82) is 0 Å². The summed E-state index contributed by atoms with van der Waals surface area (Å²) in [5, 5.41) is 6.23. The molecule has 17 heavy (non-hydrogen) atoms. The molecule has 4 heteroatoms. The van der Waals surface area contributed by atoms with E-state index in [0.29, 0.717) is 18.9 Å². The van der Waals surface area contributed by atoms with E-state index < -0.39 is 0 Å². The van der Waals surface area contributed by atoms with Gasteiger partial charge in [-0.3, -0.25) is 4.79 Å². The fourth-order valence-electron chi connectivity index (χ4n) is 1.56. The van der Waals surface area contributed by atoms with Crippen LogP contribution < -0.4 is 10.6 Å². The van der Waals surface area contributed by atoms with Crippen molar-refractivity contribution in [2.24, 2.45) is 11.3 Å². The molecule has 1 rings (SSSR count). The van der Waals surface area contributed by atoms with E-state index in [-0.39, 0.29) is 17.4 Å². The SMILES string of the molecule is CC(C)C(C)(C)CNC(=O)CC1CNCCO1. The highest BCUT2D eigenvalue weighted by Crippen LogP contribution is 2.24. The predicted molar refractivity (Wildman–Crippen MR) is 68.9 cm³/mol. The second-order valence-electron chi connectivity index (χ2n) is 5.82. The van der Waals surface area contributed by atoms with Crippen LogP contribution in [0.1, 0.15) is 34.1 Å². The van der Waals surface area contributed by atoms with Gasteiger partial charge in [-0.15, -0.1) is 0 Å². The third-order valence-electron chi connectivity index (χ3n) is 3.72. The molecule has 0 saturated carbocycles. The fourth-order valence-corrected chi connectivity index (χ4v) is 1.56. The summed E-state index contributed by atoms with van der Waals surface area (Å²) >= 11 is 0. The van der Waals surface area contributed by atoms with E-state index in [4.69, 9.17) is 4.74 Å². The average molecular weight is 242 g/mol. The Kier molecular flexibility index (Phi) is 5.40. The molecule has 0 aromatic carbocycles. The number of carbonyl (C=O) groups is 1. The highest BCUT2D eigenvalue weighted by Gasteiger charge is 2.24. The Hall–Kier alpha value is -0.610. The summed E-state index contributed by atoms with van der Waals surface area (Å²) in [6.07, 6.45) is 0.493. The highest BCUT2D eigenvalue weighted by molar-refractivity contribution is 5.76. The van der Waals surface area contributed by atoms with Crippen LogP contribution in [0.15, 0.2) is 0 Å². The maximum Gasteiger partial charge on any atom is 0.222 e. The molecule has 1 amide bonds. The van der Waals surface area contributed by atoms with Gasteiger partial charge in [-0.1, -0.05) is 27.7 Å². The predicted octanol–water partition coefficient (Wildman–Crippen LogP) is 1.16. The van der Waals surface area contributed by atoms with Crippen LogP contribution in [0.3, 0.4) is 0 Å². The number of amides is 1. The first-order valence-electron chi connectivity index (χ1n) is 6.51. The van der Waals surface area contributed by atoms with Crippen LogP contribution in [0, 0.1) is 11.3 Å². The Labute approximate surface area is 104 Å². The van der Waals surface area contributed by atoms with Gasteiger partial charge in [0, 0.05) is 19.6 Å². The molecule has 0 radical (unpaired) electrons. The maximum absolute atomic E-state index is 11.8.